The van der Waals surface area contributed by atoms with Crippen molar-refractivity contribution in [3.8, 4) is 0 Å². The van der Waals surface area contributed by atoms with E-state index in [1.165, 1.54) is 19.2 Å². The van der Waals surface area contributed by atoms with Crippen LogP contribution in [-0.2, 0) is 15.7 Å². The predicted octanol–water partition coefficient (Wildman–Crippen LogP) is 2.18. The second-order valence-electron chi connectivity index (χ2n) is 4.51. The van der Waals surface area contributed by atoms with Crippen molar-refractivity contribution in [2.24, 2.45) is 5.92 Å². The molecule has 1 fully saturated rings. The molecule has 1 aromatic carbocycles. The number of halogens is 3. The molecule has 1 saturated heterocycles. The Labute approximate surface area is 108 Å². The zero-order valence-corrected chi connectivity index (χ0v) is 10.3. The highest BCUT2D eigenvalue weighted by atomic mass is 19.4. The zero-order chi connectivity index (χ0) is 14.0. The third-order valence-corrected chi connectivity index (χ3v) is 3.38. The van der Waals surface area contributed by atoms with Crippen LogP contribution < -0.4 is 5.32 Å². The van der Waals surface area contributed by atoms with E-state index in [4.69, 9.17) is 4.74 Å². The Morgan fingerprint density at radius 3 is 2.42 bits per heavy atom. The van der Waals surface area contributed by atoms with Gasteiger partial charge in [0.1, 0.15) is 0 Å². The minimum atomic E-state index is -4.34. The van der Waals surface area contributed by atoms with Gasteiger partial charge < -0.3 is 10.1 Å². The van der Waals surface area contributed by atoms with Crippen LogP contribution in [0.1, 0.15) is 17.0 Å². The SMILES string of the molecule is COC(=O)[C@H]1CNC[C@@H]1c1ccc(C(F)(F)F)cc1. The maximum Gasteiger partial charge on any atom is 0.416 e. The number of rotatable bonds is 2. The maximum absolute atomic E-state index is 12.5. The Balaban J connectivity index is 2.20. The van der Waals surface area contributed by atoms with Crippen molar-refractivity contribution in [1.82, 2.24) is 5.32 Å². The van der Waals surface area contributed by atoms with Gasteiger partial charge in [-0.15, -0.1) is 0 Å². The molecule has 0 amide bonds. The molecule has 1 heterocycles. The molecular formula is C13H14F3NO2. The van der Waals surface area contributed by atoms with Crippen LogP contribution in [0.15, 0.2) is 24.3 Å². The van der Waals surface area contributed by atoms with E-state index in [0.717, 1.165) is 12.1 Å². The maximum atomic E-state index is 12.5. The summed E-state index contributed by atoms with van der Waals surface area (Å²) in [7, 11) is 1.31. The van der Waals surface area contributed by atoms with E-state index in [-0.39, 0.29) is 17.8 Å². The van der Waals surface area contributed by atoms with Gasteiger partial charge in [-0.3, -0.25) is 4.79 Å². The molecule has 0 aromatic heterocycles. The average molecular weight is 273 g/mol. The van der Waals surface area contributed by atoms with Gasteiger partial charge in [0.2, 0.25) is 0 Å². The fourth-order valence-electron chi connectivity index (χ4n) is 2.35. The van der Waals surface area contributed by atoms with Crippen LogP contribution in [0.3, 0.4) is 0 Å². The van der Waals surface area contributed by atoms with E-state index in [1.54, 1.807) is 0 Å². The summed E-state index contributed by atoms with van der Waals surface area (Å²) in [6.07, 6.45) is -4.34. The predicted molar refractivity (Wildman–Crippen MR) is 62.6 cm³/mol. The highest BCUT2D eigenvalue weighted by Gasteiger charge is 2.35. The minimum absolute atomic E-state index is 0.144. The topological polar surface area (TPSA) is 38.3 Å². The lowest BCUT2D eigenvalue weighted by molar-refractivity contribution is -0.145. The first-order chi connectivity index (χ1) is 8.93. The van der Waals surface area contributed by atoms with Gasteiger partial charge in [0.25, 0.3) is 0 Å². The number of alkyl halides is 3. The highest BCUT2D eigenvalue weighted by Crippen LogP contribution is 2.33. The fraction of sp³-hybridized carbons (Fsp3) is 0.462. The van der Waals surface area contributed by atoms with Gasteiger partial charge >= 0.3 is 12.1 Å². The van der Waals surface area contributed by atoms with E-state index < -0.39 is 11.7 Å². The number of carbonyl (C=O) groups excluding carboxylic acids is 1. The van der Waals surface area contributed by atoms with Gasteiger partial charge in [-0.2, -0.15) is 13.2 Å². The largest absolute Gasteiger partial charge is 0.469 e. The van der Waals surface area contributed by atoms with Gasteiger partial charge in [-0.05, 0) is 17.7 Å². The fourth-order valence-corrected chi connectivity index (χ4v) is 2.35. The number of benzene rings is 1. The highest BCUT2D eigenvalue weighted by molar-refractivity contribution is 5.74. The van der Waals surface area contributed by atoms with Gasteiger partial charge in [0.15, 0.2) is 0 Å². The zero-order valence-electron chi connectivity index (χ0n) is 10.3. The first-order valence-electron chi connectivity index (χ1n) is 5.89. The molecule has 19 heavy (non-hydrogen) atoms. The monoisotopic (exact) mass is 273 g/mol. The summed E-state index contributed by atoms with van der Waals surface area (Å²) in [5, 5.41) is 3.06. The smallest absolute Gasteiger partial charge is 0.416 e. The summed E-state index contributed by atoms with van der Waals surface area (Å²) in [5.41, 5.74) is 0.0326. The average Bonchev–Trinajstić information content (AvgIpc) is 2.86. The number of ether oxygens (including phenoxy) is 1. The summed E-state index contributed by atoms with van der Waals surface area (Å²) in [5.74, 6) is -0.827. The standard InChI is InChI=1S/C13H14F3NO2/c1-19-12(18)11-7-17-6-10(11)8-2-4-9(5-3-8)13(14,15)16/h2-5,10-11,17H,6-7H2,1H3/t10-,11+/m1/s1. The Hall–Kier alpha value is -1.56. The van der Waals surface area contributed by atoms with Crippen molar-refractivity contribution in [2.45, 2.75) is 12.1 Å². The molecule has 1 aromatic rings. The molecule has 2 rings (SSSR count). The second-order valence-corrected chi connectivity index (χ2v) is 4.51. The van der Waals surface area contributed by atoms with Crippen molar-refractivity contribution >= 4 is 5.97 Å². The molecule has 0 spiro atoms. The van der Waals surface area contributed by atoms with Crippen molar-refractivity contribution in [3.05, 3.63) is 35.4 Å². The molecule has 1 aliphatic rings. The van der Waals surface area contributed by atoms with Crippen LogP contribution >= 0.6 is 0 Å². The van der Waals surface area contributed by atoms with Crippen LogP contribution in [0.4, 0.5) is 13.2 Å². The molecule has 2 atom stereocenters. The van der Waals surface area contributed by atoms with E-state index in [1.807, 2.05) is 0 Å². The van der Waals surface area contributed by atoms with E-state index >= 15 is 0 Å². The first kappa shape index (κ1) is 13.9. The van der Waals surface area contributed by atoms with E-state index in [9.17, 15) is 18.0 Å². The third-order valence-electron chi connectivity index (χ3n) is 3.38. The van der Waals surface area contributed by atoms with Crippen LogP contribution in [-0.4, -0.2) is 26.2 Å². The van der Waals surface area contributed by atoms with Crippen molar-refractivity contribution in [1.29, 1.82) is 0 Å². The van der Waals surface area contributed by atoms with Crippen LogP contribution in [0, 0.1) is 5.92 Å². The second kappa shape index (κ2) is 5.21. The van der Waals surface area contributed by atoms with Crippen LogP contribution in [0.5, 0.6) is 0 Å². The summed E-state index contributed by atoms with van der Waals surface area (Å²) >= 11 is 0. The van der Waals surface area contributed by atoms with E-state index in [0.29, 0.717) is 18.7 Å². The van der Waals surface area contributed by atoms with Crippen molar-refractivity contribution in [2.75, 3.05) is 20.2 Å². The minimum Gasteiger partial charge on any atom is -0.469 e. The van der Waals surface area contributed by atoms with Crippen molar-refractivity contribution < 1.29 is 22.7 Å². The number of hydrogen-bond acceptors (Lipinski definition) is 3. The summed E-state index contributed by atoms with van der Waals surface area (Å²) in [6.45, 7) is 1.05. The molecule has 0 aliphatic carbocycles. The Kier molecular flexibility index (Phi) is 3.80. The van der Waals surface area contributed by atoms with Crippen LogP contribution in [0.25, 0.3) is 0 Å². The first-order valence-corrected chi connectivity index (χ1v) is 5.89. The van der Waals surface area contributed by atoms with Gasteiger partial charge in [-0.1, -0.05) is 12.1 Å². The van der Waals surface area contributed by atoms with Crippen molar-refractivity contribution in [3.63, 3.8) is 0 Å². The summed E-state index contributed by atoms with van der Waals surface area (Å²) in [6, 6.07) is 4.94. The lowest BCUT2D eigenvalue weighted by atomic mass is 9.88. The van der Waals surface area contributed by atoms with Crippen LogP contribution in [0.2, 0.25) is 0 Å². The normalized spacial score (nSPS) is 23.4. The third kappa shape index (κ3) is 2.89. The summed E-state index contributed by atoms with van der Waals surface area (Å²) in [4.78, 5) is 11.6. The Morgan fingerprint density at radius 2 is 1.89 bits per heavy atom. The lowest BCUT2D eigenvalue weighted by Gasteiger charge is -2.17. The number of carbonyl (C=O) groups is 1. The van der Waals surface area contributed by atoms with Gasteiger partial charge in [-0.25, -0.2) is 0 Å². The molecule has 0 unspecified atom stereocenters. The molecule has 0 radical (unpaired) electrons. The quantitative estimate of drug-likeness (QED) is 0.839. The molecular weight excluding hydrogens is 259 g/mol. The molecule has 104 valence electrons. The molecule has 0 saturated carbocycles. The number of hydrogen-bond donors (Lipinski definition) is 1. The number of methoxy groups -OCH3 is 1. The number of nitrogens with one attached hydrogen (secondary N) is 1. The lowest BCUT2D eigenvalue weighted by Crippen LogP contribution is -2.23. The Bertz CT molecular complexity index is 456. The Morgan fingerprint density at radius 1 is 1.26 bits per heavy atom. The summed E-state index contributed by atoms with van der Waals surface area (Å²) < 4.78 is 42.1. The molecule has 1 N–H and O–H groups in total. The van der Waals surface area contributed by atoms with Gasteiger partial charge in [0, 0.05) is 19.0 Å². The van der Waals surface area contributed by atoms with Gasteiger partial charge in [0.05, 0.1) is 18.6 Å². The molecule has 6 heteroatoms. The molecule has 1 aliphatic heterocycles. The molecule has 0 bridgehead atoms. The molecule has 3 nitrogen and oxygen atoms in total. The number of esters is 1. The van der Waals surface area contributed by atoms with E-state index in [2.05, 4.69) is 5.32 Å².